The summed E-state index contributed by atoms with van der Waals surface area (Å²) in [6.45, 7) is 3.58. The highest BCUT2D eigenvalue weighted by Crippen LogP contribution is 2.24. The van der Waals surface area contributed by atoms with E-state index in [1.165, 1.54) is 0 Å². The molecule has 3 rings (SSSR count). The van der Waals surface area contributed by atoms with Gasteiger partial charge in [0.25, 0.3) is 5.91 Å². The second-order valence-electron chi connectivity index (χ2n) is 5.67. The van der Waals surface area contributed by atoms with Gasteiger partial charge in [-0.15, -0.1) is 0 Å². The Morgan fingerprint density at radius 1 is 1.29 bits per heavy atom. The van der Waals surface area contributed by atoms with E-state index in [4.69, 9.17) is 16.3 Å². The number of ether oxygens (including phenoxy) is 1. The van der Waals surface area contributed by atoms with E-state index in [2.05, 4.69) is 15.2 Å². The Labute approximate surface area is 146 Å². The normalized spacial score (nSPS) is 16.5. The molecule has 0 saturated carbocycles. The fourth-order valence-electron chi connectivity index (χ4n) is 2.85. The summed E-state index contributed by atoms with van der Waals surface area (Å²) >= 11 is 6.15. The van der Waals surface area contributed by atoms with Gasteiger partial charge in [0.1, 0.15) is 0 Å². The maximum Gasteiger partial charge on any atom is 0.252 e. The van der Waals surface area contributed by atoms with Crippen LogP contribution in [0.4, 0.5) is 0 Å². The molecule has 0 unspecified atom stereocenters. The molecule has 1 saturated heterocycles. The number of hydrogen-bond donors (Lipinski definition) is 1. The van der Waals surface area contributed by atoms with Crippen LogP contribution in [0, 0.1) is 0 Å². The highest BCUT2D eigenvalue weighted by molar-refractivity contribution is 6.30. The molecule has 1 fully saturated rings. The van der Waals surface area contributed by atoms with Crippen LogP contribution in [-0.4, -0.2) is 48.6 Å². The number of carbonyl (C=O) groups is 1. The van der Waals surface area contributed by atoms with Gasteiger partial charge in [-0.25, -0.2) is 0 Å². The van der Waals surface area contributed by atoms with Gasteiger partial charge in [0.15, 0.2) is 0 Å². The zero-order valence-electron chi connectivity index (χ0n) is 13.3. The summed E-state index contributed by atoms with van der Waals surface area (Å²) in [4.78, 5) is 18.6. The molecule has 1 aliphatic rings. The maximum absolute atomic E-state index is 12.3. The lowest BCUT2D eigenvalue weighted by Crippen LogP contribution is -2.43. The summed E-state index contributed by atoms with van der Waals surface area (Å²) in [6.07, 6.45) is 3.22. The van der Waals surface area contributed by atoms with Crippen LogP contribution in [0.2, 0.25) is 5.02 Å². The predicted octanol–water partition coefficient (Wildman–Crippen LogP) is 2.54. The lowest BCUT2D eigenvalue weighted by molar-refractivity contribution is 0.0162. The highest BCUT2D eigenvalue weighted by atomic mass is 35.5. The van der Waals surface area contributed by atoms with Crippen LogP contribution < -0.4 is 5.32 Å². The lowest BCUT2D eigenvalue weighted by atomic mass is 10.0. The number of nitrogens with zero attached hydrogens (tertiary/aromatic N) is 2. The van der Waals surface area contributed by atoms with Crippen molar-refractivity contribution in [2.24, 2.45) is 0 Å². The van der Waals surface area contributed by atoms with Crippen LogP contribution in [0.1, 0.15) is 22.0 Å². The zero-order chi connectivity index (χ0) is 16.8. The molecule has 0 aliphatic carbocycles. The molecule has 2 heterocycles. The Bertz CT molecular complexity index is 675. The highest BCUT2D eigenvalue weighted by Gasteiger charge is 2.23. The molecule has 1 aromatic carbocycles. The Kier molecular flexibility index (Phi) is 5.80. The van der Waals surface area contributed by atoms with Gasteiger partial charge in [-0.05, 0) is 29.8 Å². The number of rotatable bonds is 5. The van der Waals surface area contributed by atoms with E-state index in [1.807, 2.05) is 24.3 Å². The second kappa shape index (κ2) is 8.24. The van der Waals surface area contributed by atoms with Gasteiger partial charge in [-0.3, -0.25) is 14.7 Å². The number of pyridine rings is 1. The van der Waals surface area contributed by atoms with Gasteiger partial charge in [-0.1, -0.05) is 23.7 Å². The molecule has 0 bridgehead atoms. The third-order valence-electron chi connectivity index (χ3n) is 4.10. The fourth-order valence-corrected chi connectivity index (χ4v) is 3.05. The van der Waals surface area contributed by atoms with Gasteiger partial charge in [0.2, 0.25) is 0 Å². The van der Waals surface area contributed by atoms with Crippen LogP contribution in [0.3, 0.4) is 0 Å². The topological polar surface area (TPSA) is 54.5 Å². The zero-order valence-corrected chi connectivity index (χ0v) is 14.1. The third-order valence-corrected chi connectivity index (χ3v) is 4.33. The summed E-state index contributed by atoms with van der Waals surface area (Å²) in [5, 5.41) is 3.71. The van der Waals surface area contributed by atoms with Crippen molar-refractivity contribution < 1.29 is 9.53 Å². The average Bonchev–Trinajstić information content (AvgIpc) is 2.63. The van der Waals surface area contributed by atoms with Crippen LogP contribution in [0.5, 0.6) is 0 Å². The molecule has 0 spiro atoms. The van der Waals surface area contributed by atoms with Gasteiger partial charge >= 0.3 is 0 Å². The van der Waals surface area contributed by atoms with Crippen molar-refractivity contribution in [3.8, 4) is 0 Å². The van der Waals surface area contributed by atoms with E-state index < -0.39 is 0 Å². The number of halogens is 1. The first kappa shape index (κ1) is 16.9. The number of benzene rings is 1. The van der Waals surface area contributed by atoms with Crippen LogP contribution in [0.25, 0.3) is 0 Å². The summed E-state index contributed by atoms with van der Waals surface area (Å²) in [5.41, 5.74) is 1.65. The predicted molar refractivity (Wildman–Crippen MR) is 93.2 cm³/mol. The van der Waals surface area contributed by atoms with Gasteiger partial charge in [0, 0.05) is 37.1 Å². The summed E-state index contributed by atoms with van der Waals surface area (Å²) < 4.78 is 5.44. The summed E-state index contributed by atoms with van der Waals surface area (Å²) in [6, 6.07) is 11.4. The molecule has 126 valence electrons. The van der Waals surface area contributed by atoms with E-state index in [-0.39, 0.29) is 11.9 Å². The number of nitrogens with one attached hydrogen (secondary N) is 1. The van der Waals surface area contributed by atoms with Crippen molar-refractivity contribution >= 4 is 17.5 Å². The Morgan fingerprint density at radius 2 is 2.12 bits per heavy atom. The minimum Gasteiger partial charge on any atom is -0.379 e. The quantitative estimate of drug-likeness (QED) is 0.904. The molecular formula is C18H20ClN3O2. The van der Waals surface area contributed by atoms with Crippen molar-refractivity contribution in [2.45, 2.75) is 6.04 Å². The molecule has 5 nitrogen and oxygen atoms in total. The van der Waals surface area contributed by atoms with Crippen LogP contribution in [0.15, 0.2) is 48.8 Å². The first-order valence-corrected chi connectivity index (χ1v) is 8.37. The summed E-state index contributed by atoms with van der Waals surface area (Å²) in [5.74, 6) is -0.122. The van der Waals surface area contributed by atoms with Crippen LogP contribution in [-0.2, 0) is 4.74 Å². The summed E-state index contributed by atoms with van der Waals surface area (Å²) in [7, 11) is 0. The number of aromatic nitrogens is 1. The molecular weight excluding hydrogens is 326 g/mol. The van der Waals surface area contributed by atoms with Crippen molar-refractivity contribution in [3.05, 3.63) is 64.9 Å². The van der Waals surface area contributed by atoms with Gasteiger partial charge in [-0.2, -0.15) is 0 Å². The largest absolute Gasteiger partial charge is 0.379 e. The first-order valence-electron chi connectivity index (χ1n) is 7.99. The van der Waals surface area contributed by atoms with Crippen molar-refractivity contribution in [1.29, 1.82) is 0 Å². The van der Waals surface area contributed by atoms with Crippen LogP contribution >= 0.6 is 11.6 Å². The molecule has 0 radical (unpaired) electrons. The smallest absolute Gasteiger partial charge is 0.252 e. The van der Waals surface area contributed by atoms with E-state index >= 15 is 0 Å². The van der Waals surface area contributed by atoms with Crippen molar-refractivity contribution in [2.75, 3.05) is 32.8 Å². The SMILES string of the molecule is O=C(NC[C@H](c1cccc(Cl)c1)N1CCOCC1)c1cccnc1. The average molecular weight is 346 g/mol. The van der Waals surface area contributed by atoms with E-state index in [1.54, 1.807) is 24.5 Å². The molecule has 2 aromatic rings. The number of morpholine rings is 1. The Balaban J connectivity index is 1.73. The van der Waals surface area contributed by atoms with Gasteiger partial charge in [0.05, 0.1) is 24.8 Å². The standard InChI is InChI=1S/C18H20ClN3O2/c19-16-5-1-3-14(11-16)17(22-7-9-24-10-8-22)13-21-18(23)15-4-2-6-20-12-15/h1-6,11-12,17H,7-10,13H2,(H,21,23)/t17-/m1/s1. The van der Waals surface area contributed by atoms with E-state index in [9.17, 15) is 4.79 Å². The third kappa shape index (κ3) is 4.32. The van der Waals surface area contributed by atoms with E-state index in [0.29, 0.717) is 30.3 Å². The Hall–Kier alpha value is -1.95. The molecule has 1 aromatic heterocycles. The molecule has 6 heteroatoms. The number of hydrogen-bond acceptors (Lipinski definition) is 4. The molecule has 1 atom stereocenters. The molecule has 1 amide bonds. The number of amides is 1. The minimum atomic E-state index is -0.122. The van der Waals surface area contributed by atoms with E-state index in [0.717, 1.165) is 18.7 Å². The minimum absolute atomic E-state index is 0.0632. The molecule has 24 heavy (non-hydrogen) atoms. The fraction of sp³-hybridized carbons (Fsp3) is 0.333. The first-order chi connectivity index (χ1) is 11.7. The maximum atomic E-state index is 12.3. The van der Waals surface area contributed by atoms with Gasteiger partial charge < -0.3 is 10.1 Å². The lowest BCUT2D eigenvalue weighted by Gasteiger charge is -2.35. The monoisotopic (exact) mass is 345 g/mol. The van der Waals surface area contributed by atoms with Crippen molar-refractivity contribution in [3.63, 3.8) is 0 Å². The number of carbonyl (C=O) groups excluding carboxylic acids is 1. The molecule has 1 aliphatic heterocycles. The second-order valence-corrected chi connectivity index (χ2v) is 6.11. The Morgan fingerprint density at radius 3 is 2.83 bits per heavy atom. The molecule has 1 N–H and O–H groups in total. The van der Waals surface area contributed by atoms with Crippen molar-refractivity contribution in [1.82, 2.24) is 15.2 Å².